The van der Waals surface area contributed by atoms with Crippen molar-refractivity contribution < 1.29 is 18.3 Å². The van der Waals surface area contributed by atoms with Crippen LogP contribution >= 0.6 is 0 Å². The van der Waals surface area contributed by atoms with Crippen LogP contribution in [-0.4, -0.2) is 27.3 Å². The summed E-state index contributed by atoms with van der Waals surface area (Å²) in [6, 6.07) is 10.5. The zero-order valence-corrected chi connectivity index (χ0v) is 18.1. The molecule has 0 radical (unpaired) electrons. The van der Waals surface area contributed by atoms with Crippen LogP contribution < -0.4 is 10.1 Å². The van der Waals surface area contributed by atoms with Gasteiger partial charge in [0.15, 0.2) is 0 Å². The van der Waals surface area contributed by atoms with Crippen LogP contribution in [0.3, 0.4) is 0 Å². The number of aromatic nitrogens is 3. The average Bonchev–Trinajstić information content (AvgIpc) is 3.17. The van der Waals surface area contributed by atoms with Gasteiger partial charge in [0.2, 0.25) is 5.91 Å². The van der Waals surface area contributed by atoms with Gasteiger partial charge in [0.25, 0.3) is 0 Å². The number of hydrogen-bond donors (Lipinski definition) is 1. The average molecular weight is 440 g/mol. The van der Waals surface area contributed by atoms with E-state index in [2.05, 4.69) is 15.0 Å². The second-order valence-corrected chi connectivity index (χ2v) is 8.24. The molecule has 8 heteroatoms. The number of halogens is 2. The Hall–Kier alpha value is -3.29. The Morgan fingerprint density at radius 1 is 1.28 bits per heavy atom. The first-order valence-corrected chi connectivity index (χ1v) is 10.7. The summed E-state index contributed by atoms with van der Waals surface area (Å²) >= 11 is 0. The quantitative estimate of drug-likeness (QED) is 0.585. The van der Waals surface area contributed by atoms with Crippen LogP contribution in [0.5, 0.6) is 5.75 Å². The number of rotatable bonds is 7. The standard InChI is InChI=1S/C24H26F2N4O2/c1-15(2)30-21-12-18(23(31)28-14-16-5-4-10-27-13-16)8-9-20(21)22(29-30)17-6-3-7-19(11-17)32-24(25)26/h3-7,10-11,13,15,18,24H,8-9,12,14H2,1-2H3,(H,28,31). The summed E-state index contributed by atoms with van der Waals surface area (Å²) in [5, 5.41) is 7.82. The van der Waals surface area contributed by atoms with Gasteiger partial charge in [-0.15, -0.1) is 0 Å². The third kappa shape index (κ3) is 4.79. The van der Waals surface area contributed by atoms with E-state index in [9.17, 15) is 13.6 Å². The molecule has 4 rings (SSSR count). The van der Waals surface area contributed by atoms with Crippen molar-refractivity contribution in [2.24, 2.45) is 5.92 Å². The summed E-state index contributed by atoms with van der Waals surface area (Å²) in [7, 11) is 0. The van der Waals surface area contributed by atoms with Crippen LogP contribution in [0.2, 0.25) is 0 Å². The van der Waals surface area contributed by atoms with E-state index in [0.717, 1.165) is 28.1 Å². The SMILES string of the molecule is CC(C)n1nc(-c2cccc(OC(F)F)c2)c2c1CC(C(=O)NCc1cccnc1)CC2. The Kier molecular flexibility index (Phi) is 6.48. The fourth-order valence-corrected chi connectivity index (χ4v) is 4.18. The second-order valence-electron chi connectivity index (χ2n) is 8.24. The van der Waals surface area contributed by atoms with Crippen molar-refractivity contribution in [2.45, 2.75) is 52.3 Å². The first-order valence-electron chi connectivity index (χ1n) is 10.7. The van der Waals surface area contributed by atoms with E-state index in [1.165, 1.54) is 6.07 Å². The minimum atomic E-state index is -2.88. The zero-order chi connectivity index (χ0) is 22.7. The summed E-state index contributed by atoms with van der Waals surface area (Å²) in [4.78, 5) is 16.9. The van der Waals surface area contributed by atoms with E-state index in [4.69, 9.17) is 5.10 Å². The summed E-state index contributed by atoms with van der Waals surface area (Å²) in [6.07, 6.45) is 5.43. The maximum atomic E-state index is 12.8. The van der Waals surface area contributed by atoms with Crippen molar-refractivity contribution in [1.29, 1.82) is 0 Å². The highest BCUT2D eigenvalue weighted by atomic mass is 19.3. The molecule has 0 fully saturated rings. The molecule has 0 aliphatic heterocycles. The Bertz CT molecular complexity index is 1080. The number of nitrogens with zero attached hydrogens (tertiary/aromatic N) is 3. The fraction of sp³-hybridized carbons (Fsp3) is 0.375. The van der Waals surface area contributed by atoms with E-state index in [1.54, 1.807) is 24.5 Å². The van der Waals surface area contributed by atoms with Crippen LogP contribution in [0.4, 0.5) is 8.78 Å². The van der Waals surface area contributed by atoms with Crippen LogP contribution in [0, 0.1) is 5.92 Å². The van der Waals surface area contributed by atoms with E-state index < -0.39 is 6.61 Å². The molecule has 1 aliphatic carbocycles. The highest BCUT2D eigenvalue weighted by Gasteiger charge is 2.31. The third-order valence-corrected chi connectivity index (χ3v) is 5.68. The fourth-order valence-electron chi connectivity index (χ4n) is 4.18. The molecule has 1 unspecified atom stereocenters. The topological polar surface area (TPSA) is 69.0 Å². The van der Waals surface area contributed by atoms with Crippen LogP contribution in [-0.2, 0) is 24.2 Å². The molecular formula is C24H26F2N4O2. The first kappa shape index (κ1) is 21.9. The molecule has 1 aromatic carbocycles. The summed E-state index contributed by atoms with van der Waals surface area (Å²) in [5.41, 5.74) is 4.56. The summed E-state index contributed by atoms with van der Waals surface area (Å²) in [5.74, 6) is -0.0200. The van der Waals surface area contributed by atoms with E-state index in [0.29, 0.717) is 25.8 Å². The zero-order valence-electron chi connectivity index (χ0n) is 18.1. The van der Waals surface area contributed by atoms with Gasteiger partial charge in [-0.2, -0.15) is 13.9 Å². The molecular weight excluding hydrogens is 414 g/mol. The van der Waals surface area contributed by atoms with Gasteiger partial charge in [0.05, 0.1) is 5.69 Å². The van der Waals surface area contributed by atoms with Gasteiger partial charge in [-0.1, -0.05) is 18.2 Å². The Morgan fingerprint density at radius 3 is 2.84 bits per heavy atom. The lowest BCUT2D eigenvalue weighted by atomic mass is 9.85. The predicted octanol–water partition coefficient (Wildman–Crippen LogP) is 4.55. The molecule has 3 aromatic rings. The lowest BCUT2D eigenvalue weighted by molar-refractivity contribution is -0.125. The molecule has 1 N–H and O–H groups in total. The number of amides is 1. The lowest BCUT2D eigenvalue weighted by Crippen LogP contribution is -2.34. The normalized spacial score (nSPS) is 15.6. The number of fused-ring (bicyclic) bond motifs is 1. The number of pyridine rings is 1. The van der Waals surface area contributed by atoms with Gasteiger partial charge in [0.1, 0.15) is 5.75 Å². The molecule has 168 valence electrons. The number of carbonyl (C=O) groups excluding carboxylic acids is 1. The smallest absolute Gasteiger partial charge is 0.387 e. The molecule has 32 heavy (non-hydrogen) atoms. The summed E-state index contributed by atoms with van der Waals surface area (Å²) in [6.45, 7) is 1.65. The van der Waals surface area contributed by atoms with Crippen molar-refractivity contribution in [1.82, 2.24) is 20.1 Å². The number of ether oxygens (including phenoxy) is 1. The van der Waals surface area contributed by atoms with Crippen molar-refractivity contribution >= 4 is 5.91 Å². The molecule has 2 aromatic heterocycles. The monoisotopic (exact) mass is 440 g/mol. The van der Waals surface area contributed by atoms with Crippen LogP contribution in [0.25, 0.3) is 11.3 Å². The molecule has 6 nitrogen and oxygen atoms in total. The van der Waals surface area contributed by atoms with Gasteiger partial charge >= 0.3 is 6.61 Å². The molecule has 0 bridgehead atoms. The number of alkyl halides is 2. The molecule has 1 amide bonds. The Balaban J connectivity index is 1.56. The van der Waals surface area contributed by atoms with Gasteiger partial charge in [-0.05, 0) is 50.5 Å². The van der Waals surface area contributed by atoms with Crippen molar-refractivity contribution in [2.75, 3.05) is 0 Å². The molecule has 0 saturated heterocycles. The molecule has 1 aliphatic rings. The van der Waals surface area contributed by atoms with Crippen molar-refractivity contribution in [3.8, 4) is 17.0 Å². The van der Waals surface area contributed by atoms with E-state index >= 15 is 0 Å². The van der Waals surface area contributed by atoms with Gasteiger partial charge in [0, 0.05) is 54.1 Å². The second kappa shape index (κ2) is 9.46. The highest BCUT2D eigenvalue weighted by molar-refractivity contribution is 5.79. The molecule has 0 saturated carbocycles. The third-order valence-electron chi connectivity index (χ3n) is 5.68. The number of carbonyl (C=O) groups is 1. The first-order chi connectivity index (χ1) is 15.4. The van der Waals surface area contributed by atoms with Gasteiger partial charge < -0.3 is 10.1 Å². The summed E-state index contributed by atoms with van der Waals surface area (Å²) < 4.78 is 31.8. The van der Waals surface area contributed by atoms with Crippen molar-refractivity contribution in [3.05, 3.63) is 65.6 Å². The van der Waals surface area contributed by atoms with E-state index in [-0.39, 0.29) is 23.6 Å². The van der Waals surface area contributed by atoms with Gasteiger partial charge in [-0.25, -0.2) is 0 Å². The molecule has 0 spiro atoms. The number of benzene rings is 1. The van der Waals surface area contributed by atoms with Gasteiger partial charge in [-0.3, -0.25) is 14.5 Å². The maximum Gasteiger partial charge on any atom is 0.387 e. The minimum Gasteiger partial charge on any atom is -0.435 e. The molecule has 1 atom stereocenters. The number of hydrogen-bond acceptors (Lipinski definition) is 4. The number of nitrogens with one attached hydrogen (secondary N) is 1. The predicted molar refractivity (Wildman–Crippen MR) is 116 cm³/mol. The lowest BCUT2D eigenvalue weighted by Gasteiger charge is -2.24. The largest absolute Gasteiger partial charge is 0.435 e. The Labute approximate surface area is 185 Å². The Morgan fingerprint density at radius 2 is 2.12 bits per heavy atom. The highest BCUT2D eigenvalue weighted by Crippen LogP contribution is 2.36. The maximum absolute atomic E-state index is 12.8. The van der Waals surface area contributed by atoms with E-state index in [1.807, 2.05) is 36.7 Å². The minimum absolute atomic E-state index is 0.0184. The van der Waals surface area contributed by atoms with Crippen molar-refractivity contribution in [3.63, 3.8) is 0 Å². The van der Waals surface area contributed by atoms with Crippen LogP contribution in [0.15, 0.2) is 48.8 Å². The molecule has 2 heterocycles. The van der Waals surface area contributed by atoms with Crippen LogP contribution in [0.1, 0.15) is 43.1 Å².